The van der Waals surface area contributed by atoms with Crippen molar-refractivity contribution in [1.82, 2.24) is 5.01 Å². The second-order valence-electron chi connectivity index (χ2n) is 6.27. The van der Waals surface area contributed by atoms with Gasteiger partial charge in [-0.15, -0.1) is 4.91 Å². The van der Waals surface area contributed by atoms with Gasteiger partial charge in [-0.05, 0) is 11.1 Å². The molecule has 5 nitrogen and oxygen atoms in total. The zero-order valence-electron chi connectivity index (χ0n) is 13.8. The number of nitroso groups, excluding NO2 is 1. The molecule has 0 saturated carbocycles. The third kappa shape index (κ3) is 2.66. The van der Waals surface area contributed by atoms with Crippen molar-refractivity contribution in [3.8, 4) is 0 Å². The second-order valence-corrected chi connectivity index (χ2v) is 6.27. The number of hydrogen-bond acceptors (Lipinski definition) is 4. The van der Waals surface area contributed by atoms with Crippen LogP contribution in [0.1, 0.15) is 37.1 Å². The molecule has 24 heavy (non-hydrogen) atoms. The Balaban J connectivity index is 2.13. The normalized spacial score (nSPS) is 26.9. The highest BCUT2D eigenvalue weighted by Gasteiger charge is 2.45. The summed E-state index contributed by atoms with van der Waals surface area (Å²) in [5.74, 6) is -0.241. The predicted molar refractivity (Wildman–Crippen MR) is 93.5 cm³/mol. The third-order valence-electron chi connectivity index (χ3n) is 4.94. The van der Waals surface area contributed by atoms with Crippen LogP contribution in [0.5, 0.6) is 0 Å². The molecule has 1 fully saturated rings. The molecule has 0 unspecified atom stereocenters. The van der Waals surface area contributed by atoms with Gasteiger partial charge in [-0.1, -0.05) is 79.7 Å². The van der Waals surface area contributed by atoms with Crippen LogP contribution in [-0.4, -0.2) is 15.9 Å². The van der Waals surface area contributed by atoms with E-state index in [-0.39, 0.29) is 23.9 Å². The number of nitrogens with zero attached hydrogens (tertiary/aromatic N) is 3. The van der Waals surface area contributed by atoms with E-state index in [9.17, 15) is 10.1 Å². The van der Waals surface area contributed by atoms with E-state index < -0.39 is 0 Å². The van der Waals surface area contributed by atoms with Crippen LogP contribution >= 0.6 is 0 Å². The lowest BCUT2D eigenvalue weighted by atomic mass is 9.75. The average molecular weight is 323 g/mol. The predicted octanol–water partition coefficient (Wildman–Crippen LogP) is 4.57. The fraction of sp³-hybridized carbons (Fsp3) is 0.316. The zero-order chi connectivity index (χ0) is 17.1. The Kier molecular flexibility index (Phi) is 4.60. The standard InChI is InChI=1S/C19H21N3O2/c1-13-17(20-23)14(2)19(16-11-7-4-8-12-16)22(21-24)18(13)15-9-5-3-6-10-15/h3-14,18-19,23H,1-2H3/t13-,14-,18+,19+/m1/s1. The van der Waals surface area contributed by atoms with E-state index in [4.69, 9.17) is 0 Å². The highest BCUT2D eigenvalue weighted by atomic mass is 16.4. The van der Waals surface area contributed by atoms with Crippen molar-refractivity contribution in [1.29, 1.82) is 0 Å². The van der Waals surface area contributed by atoms with Gasteiger partial charge in [0.25, 0.3) is 0 Å². The molecule has 1 aliphatic heterocycles. The smallest absolute Gasteiger partial charge is 0.0838 e. The molecule has 0 bridgehead atoms. The highest BCUT2D eigenvalue weighted by molar-refractivity contribution is 5.90. The van der Waals surface area contributed by atoms with Crippen LogP contribution in [-0.2, 0) is 0 Å². The van der Waals surface area contributed by atoms with Crippen LogP contribution in [0, 0.1) is 16.7 Å². The summed E-state index contributed by atoms with van der Waals surface area (Å²) in [6.45, 7) is 3.95. The van der Waals surface area contributed by atoms with E-state index in [1.54, 1.807) is 5.01 Å². The molecule has 2 aromatic carbocycles. The van der Waals surface area contributed by atoms with Gasteiger partial charge >= 0.3 is 0 Å². The molecule has 1 saturated heterocycles. The van der Waals surface area contributed by atoms with Gasteiger partial charge in [0.2, 0.25) is 0 Å². The Labute approximate surface area is 141 Å². The van der Waals surface area contributed by atoms with Crippen molar-refractivity contribution >= 4 is 5.71 Å². The Morgan fingerprint density at radius 1 is 0.833 bits per heavy atom. The molecule has 0 amide bonds. The van der Waals surface area contributed by atoms with E-state index >= 15 is 0 Å². The first-order valence-electron chi connectivity index (χ1n) is 8.12. The lowest BCUT2D eigenvalue weighted by molar-refractivity contribution is 0.0692. The monoisotopic (exact) mass is 323 g/mol. The van der Waals surface area contributed by atoms with E-state index in [1.807, 2.05) is 74.5 Å². The van der Waals surface area contributed by atoms with Crippen molar-refractivity contribution < 1.29 is 5.21 Å². The summed E-state index contributed by atoms with van der Waals surface area (Å²) in [6, 6.07) is 19.0. The highest BCUT2D eigenvalue weighted by Crippen LogP contribution is 2.46. The molecule has 4 atom stereocenters. The SMILES string of the molecule is C[C@@H]1C(=NO)[C@@H](C)[C@@H](c2ccccc2)N(N=O)[C@@H]1c1ccccc1. The van der Waals surface area contributed by atoms with Crippen molar-refractivity contribution in [3.63, 3.8) is 0 Å². The molecule has 5 heteroatoms. The number of oxime groups is 1. The minimum absolute atomic E-state index is 0.120. The summed E-state index contributed by atoms with van der Waals surface area (Å²) in [4.78, 5) is 11.8. The summed E-state index contributed by atoms with van der Waals surface area (Å²) in [7, 11) is 0. The van der Waals surface area contributed by atoms with E-state index in [0.717, 1.165) is 11.1 Å². The van der Waals surface area contributed by atoms with Crippen molar-refractivity contribution in [2.24, 2.45) is 22.3 Å². The molecular weight excluding hydrogens is 302 g/mol. The molecule has 0 radical (unpaired) electrons. The van der Waals surface area contributed by atoms with Gasteiger partial charge in [0.05, 0.1) is 23.1 Å². The van der Waals surface area contributed by atoms with Gasteiger partial charge in [-0.2, -0.15) is 0 Å². The molecular formula is C19H21N3O2. The van der Waals surface area contributed by atoms with Crippen LogP contribution in [0.4, 0.5) is 0 Å². The van der Waals surface area contributed by atoms with E-state index in [1.165, 1.54) is 0 Å². The average Bonchev–Trinajstić information content (AvgIpc) is 2.63. The van der Waals surface area contributed by atoms with Crippen molar-refractivity contribution in [2.75, 3.05) is 0 Å². The quantitative estimate of drug-likeness (QED) is 0.511. The topological polar surface area (TPSA) is 65.3 Å². The number of benzene rings is 2. The number of rotatable bonds is 3. The van der Waals surface area contributed by atoms with Gasteiger partial charge in [-0.25, -0.2) is 5.01 Å². The van der Waals surface area contributed by atoms with E-state index in [0.29, 0.717) is 5.71 Å². The molecule has 1 heterocycles. The summed E-state index contributed by atoms with van der Waals surface area (Å²) in [5.41, 5.74) is 2.66. The van der Waals surface area contributed by atoms with Gasteiger partial charge in [-0.3, -0.25) is 0 Å². The Morgan fingerprint density at radius 3 is 1.58 bits per heavy atom. The van der Waals surface area contributed by atoms with Crippen LogP contribution in [0.25, 0.3) is 0 Å². The number of hydrogen-bond donors (Lipinski definition) is 1. The van der Waals surface area contributed by atoms with Crippen LogP contribution in [0.3, 0.4) is 0 Å². The van der Waals surface area contributed by atoms with Crippen molar-refractivity contribution in [3.05, 3.63) is 76.7 Å². The lowest BCUT2D eigenvalue weighted by Gasteiger charge is -2.45. The van der Waals surface area contributed by atoms with Crippen molar-refractivity contribution in [2.45, 2.75) is 25.9 Å². The fourth-order valence-electron chi connectivity index (χ4n) is 3.84. The first kappa shape index (κ1) is 16.2. The molecule has 0 aromatic heterocycles. The Bertz CT molecular complexity index is 662. The fourth-order valence-corrected chi connectivity index (χ4v) is 3.84. The second kappa shape index (κ2) is 6.83. The largest absolute Gasteiger partial charge is 0.411 e. The molecule has 2 aromatic rings. The Hall–Kier alpha value is -2.69. The molecule has 3 rings (SSSR count). The summed E-state index contributed by atoms with van der Waals surface area (Å²) in [6.07, 6.45) is 0. The van der Waals surface area contributed by atoms with Gasteiger partial charge in [0.1, 0.15) is 0 Å². The minimum Gasteiger partial charge on any atom is -0.411 e. The zero-order valence-corrected chi connectivity index (χ0v) is 13.8. The molecule has 0 spiro atoms. The first-order chi connectivity index (χ1) is 11.7. The van der Waals surface area contributed by atoms with Gasteiger partial charge in [0.15, 0.2) is 0 Å². The van der Waals surface area contributed by atoms with Crippen LogP contribution < -0.4 is 0 Å². The number of piperidine rings is 1. The first-order valence-corrected chi connectivity index (χ1v) is 8.12. The van der Waals surface area contributed by atoms with Gasteiger partial charge < -0.3 is 5.21 Å². The minimum atomic E-state index is -0.268. The molecule has 124 valence electrons. The molecule has 1 aliphatic rings. The van der Waals surface area contributed by atoms with Crippen LogP contribution in [0.2, 0.25) is 0 Å². The van der Waals surface area contributed by atoms with Gasteiger partial charge in [0, 0.05) is 11.8 Å². The molecule has 1 N–H and O–H groups in total. The third-order valence-corrected chi connectivity index (χ3v) is 4.94. The molecule has 0 aliphatic carbocycles. The summed E-state index contributed by atoms with van der Waals surface area (Å²) < 4.78 is 0. The lowest BCUT2D eigenvalue weighted by Crippen LogP contribution is -2.46. The summed E-state index contributed by atoms with van der Waals surface area (Å²) in [5, 5.41) is 18.2. The summed E-state index contributed by atoms with van der Waals surface area (Å²) >= 11 is 0. The maximum absolute atomic E-state index is 11.8. The maximum atomic E-state index is 11.8. The van der Waals surface area contributed by atoms with Crippen LogP contribution in [0.15, 0.2) is 71.1 Å². The Morgan fingerprint density at radius 2 is 1.25 bits per heavy atom. The van der Waals surface area contributed by atoms with E-state index in [2.05, 4.69) is 10.4 Å². The maximum Gasteiger partial charge on any atom is 0.0838 e.